The van der Waals surface area contributed by atoms with Crippen molar-refractivity contribution in [2.24, 2.45) is 5.92 Å². The molecule has 2 aromatic rings. The number of benzene rings is 2. The lowest BCUT2D eigenvalue weighted by Crippen LogP contribution is -2.14. The minimum Gasteiger partial charge on any atom is -0.497 e. The molecule has 0 unspecified atom stereocenters. The molecule has 0 radical (unpaired) electrons. The van der Waals surface area contributed by atoms with Gasteiger partial charge in [0, 0.05) is 17.7 Å². The fourth-order valence-corrected chi connectivity index (χ4v) is 2.54. The van der Waals surface area contributed by atoms with Gasteiger partial charge in [-0.1, -0.05) is 13.8 Å². The standard InChI is InChI=1S/C21H20O6/c1-12(2)21(23)26-15-7-8-16-18(11-15)27-19(20(16)22)9-13-5-6-14(24-3)10-17(13)25-4/h5-12H,1-4H3. The van der Waals surface area contributed by atoms with Crippen LogP contribution in [-0.4, -0.2) is 26.0 Å². The number of esters is 1. The first kappa shape index (κ1) is 18.5. The van der Waals surface area contributed by atoms with Crippen molar-refractivity contribution in [1.82, 2.24) is 0 Å². The first-order valence-electron chi connectivity index (χ1n) is 8.45. The lowest BCUT2D eigenvalue weighted by atomic mass is 10.1. The smallest absolute Gasteiger partial charge is 0.313 e. The summed E-state index contributed by atoms with van der Waals surface area (Å²) in [4.78, 5) is 24.3. The number of hydrogen-bond donors (Lipinski definition) is 0. The molecular formula is C21H20O6. The lowest BCUT2D eigenvalue weighted by molar-refractivity contribution is -0.137. The Morgan fingerprint density at radius 1 is 1.04 bits per heavy atom. The van der Waals surface area contributed by atoms with E-state index in [1.165, 1.54) is 7.11 Å². The van der Waals surface area contributed by atoms with Crippen molar-refractivity contribution in [3.05, 3.63) is 53.3 Å². The second-order valence-corrected chi connectivity index (χ2v) is 6.28. The van der Waals surface area contributed by atoms with Gasteiger partial charge in [-0.25, -0.2) is 0 Å². The van der Waals surface area contributed by atoms with Crippen LogP contribution < -0.4 is 18.9 Å². The van der Waals surface area contributed by atoms with E-state index in [0.717, 1.165) is 0 Å². The van der Waals surface area contributed by atoms with E-state index in [-0.39, 0.29) is 23.4 Å². The average Bonchev–Trinajstić information content (AvgIpc) is 2.97. The van der Waals surface area contributed by atoms with Crippen molar-refractivity contribution in [2.45, 2.75) is 13.8 Å². The maximum atomic E-state index is 12.6. The second-order valence-electron chi connectivity index (χ2n) is 6.28. The summed E-state index contributed by atoms with van der Waals surface area (Å²) in [5, 5.41) is 0. The molecule has 0 atom stereocenters. The number of ether oxygens (including phenoxy) is 4. The van der Waals surface area contributed by atoms with Crippen molar-refractivity contribution >= 4 is 17.8 Å². The van der Waals surface area contributed by atoms with Crippen molar-refractivity contribution in [3.63, 3.8) is 0 Å². The van der Waals surface area contributed by atoms with E-state index in [1.807, 2.05) is 0 Å². The van der Waals surface area contributed by atoms with Gasteiger partial charge in [0.15, 0.2) is 5.76 Å². The highest BCUT2D eigenvalue weighted by atomic mass is 16.5. The summed E-state index contributed by atoms with van der Waals surface area (Å²) in [5.41, 5.74) is 1.10. The fraction of sp³-hybridized carbons (Fsp3) is 0.238. The molecule has 6 heteroatoms. The summed E-state index contributed by atoms with van der Waals surface area (Å²) in [5.74, 6) is 1.21. The van der Waals surface area contributed by atoms with Crippen molar-refractivity contribution in [1.29, 1.82) is 0 Å². The van der Waals surface area contributed by atoms with E-state index in [9.17, 15) is 9.59 Å². The molecule has 0 saturated heterocycles. The number of allylic oxidation sites excluding steroid dienone is 1. The van der Waals surface area contributed by atoms with Crippen molar-refractivity contribution < 1.29 is 28.5 Å². The van der Waals surface area contributed by atoms with Gasteiger partial charge in [-0.2, -0.15) is 0 Å². The molecule has 1 aliphatic heterocycles. The molecule has 2 aromatic carbocycles. The van der Waals surface area contributed by atoms with Crippen LogP contribution in [0.5, 0.6) is 23.0 Å². The number of carbonyl (C=O) groups excluding carboxylic acids is 2. The molecule has 0 spiro atoms. The van der Waals surface area contributed by atoms with Crippen LogP contribution in [0.1, 0.15) is 29.8 Å². The quantitative estimate of drug-likeness (QED) is 0.453. The molecule has 0 N–H and O–H groups in total. The Bertz CT molecular complexity index is 926. The van der Waals surface area contributed by atoms with Crippen LogP contribution >= 0.6 is 0 Å². The lowest BCUT2D eigenvalue weighted by Gasteiger charge is -2.08. The fourth-order valence-electron chi connectivity index (χ4n) is 2.54. The SMILES string of the molecule is COc1ccc(C=C2Oc3cc(OC(=O)C(C)C)ccc3C2=O)c(OC)c1. The number of fused-ring (bicyclic) bond motifs is 1. The first-order valence-corrected chi connectivity index (χ1v) is 8.45. The molecule has 0 fully saturated rings. The van der Waals surface area contributed by atoms with Crippen LogP contribution in [0.4, 0.5) is 0 Å². The van der Waals surface area contributed by atoms with E-state index in [0.29, 0.717) is 34.1 Å². The van der Waals surface area contributed by atoms with Crippen LogP contribution in [0.25, 0.3) is 6.08 Å². The van der Waals surface area contributed by atoms with Gasteiger partial charge in [-0.3, -0.25) is 9.59 Å². The molecule has 0 saturated carbocycles. The predicted octanol–water partition coefficient (Wildman–Crippen LogP) is 3.88. The zero-order valence-electron chi connectivity index (χ0n) is 15.6. The van der Waals surface area contributed by atoms with Gasteiger partial charge in [0.25, 0.3) is 0 Å². The monoisotopic (exact) mass is 368 g/mol. The molecule has 3 rings (SSSR count). The maximum absolute atomic E-state index is 12.6. The van der Waals surface area contributed by atoms with Crippen LogP contribution in [0.3, 0.4) is 0 Å². The summed E-state index contributed by atoms with van der Waals surface area (Å²) in [6, 6.07) is 9.98. The highest BCUT2D eigenvalue weighted by Crippen LogP contribution is 2.36. The Hall–Kier alpha value is -3.28. The van der Waals surface area contributed by atoms with Crippen molar-refractivity contribution in [2.75, 3.05) is 14.2 Å². The topological polar surface area (TPSA) is 71.1 Å². The van der Waals surface area contributed by atoms with Crippen molar-refractivity contribution in [3.8, 4) is 23.0 Å². The summed E-state index contributed by atoms with van der Waals surface area (Å²) in [6.07, 6.45) is 1.61. The maximum Gasteiger partial charge on any atom is 0.313 e. The average molecular weight is 368 g/mol. The first-order chi connectivity index (χ1) is 12.9. The number of methoxy groups -OCH3 is 2. The summed E-state index contributed by atoms with van der Waals surface area (Å²) < 4.78 is 21.5. The highest BCUT2D eigenvalue weighted by molar-refractivity contribution is 6.14. The minimum absolute atomic E-state index is 0.167. The second kappa shape index (κ2) is 7.53. The zero-order valence-corrected chi connectivity index (χ0v) is 15.6. The Kier molecular flexibility index (Phi) is 5.16. The van der Waals surface area contributed by atoms with Gasteiger partial charge in [0.2, 0.25) is 5.78 Å². The third kappa shape index (κ3) is 3.79. The number of Topliss-reactive ketones (excluding diaryl/α,β-unsaturated/α-hetero) is 1. The highest BCUT2D eigenvalue weighted by Gasteiger charge is 2.28. The summed E-state index contributed by atoms with van der Waals surface area (Å²) in [7, 11) is 3.11. The van der Waals surface area contributed by atoms with E-state index >= 15 is 0 Å². The van der Waals surface area contributed by atoms with Gasteiger partial charge in [-0.05, 0) is 30.3 Å². The molecule has 0 amide bonds. The third-order valence-electron chi connectivity index (χ3n) is 4.06. The van der Waals surface area contributed by atoms with Gasteiger partial charge in [0.1, 0.15) is 23.0 Å². The molecule has 6 nitrogen and oxygen atoms in total. The summed E-state index contributed by atoms with van der Waals surface area (Å²) in [6.45, 7) is 3.50. The van der Waals surface area contributed by atoms with Gasteiger partial charge < -0.3 is 18.9 Å². The van der Waals surface area contributed by atoms with E-state index in [4.69, 9.17) is 18.9 Å². The number of ketones is 1. The van der Waals surface area contributed by atoms with Crippen LogP contribution in [-0.2, 0) is 4.79 Å². The van der Waals surface area contributed by atoms with Gasteiger partial charge in [-0.15, -0.1) is 0 Å². The largest absolute Gasteiger partial charge is 0.497 e. The van der Waals surface area contributed by atoms with E-state index in [1.54, 1.807) is 63.4 Å². The molecule has 1 aliphatic rings. The Morgan fingerprint density at radius 3 is 2.44 bits per heavy atom. The Labute approximate surface area is 157 Å². The zero-order chi connectivity index (χ0) is 19.6. The molecule has 0 bridgehead atoms. The van der Waals surface area contributed by atoms with E-state index < -0.39 is 0 Å². The number of hydrogen-bond acceptors (Lipinski definition) is 6. The van der Waals surface area contributed by atoms with Crippen LogP contribution in [0.2, 0.25) is 0 Å². The molecular weight excluding hydrogens is 348 g/mol. The predicted molar refractivity (Wildman–Crippen MR) is 99.4 cm³/mol. The molecule has 27 heavy (non-hydrogen) atoms. The van der Waals surface area contributed by atoms with Gasteiger partial charge >= 0.3 is 5.97 Å². The Morgan fingerprint density at radius 2 is 1.78 bits per heavy atom. The molecule has 1 heterocycles. The van der Waals surface area contributed by atoms with Gasteiger partial charge in [0.05, 0.1) is 25.7 Å². The van der Waals surface area contributed by atoms with E-state index in [2.05, 4.69) is 0 Å². The normalized spacial score (nSPS) is 14.1. The minimum atomic E-state index is -0.349. The molecule has 0 aliphatic carbocycles. The Balaban J connectivity index is 1.88. The van der Waals surface area contributed by atoms with Crippen LogP contribution in [0.15, 0.2) is 42.2 Å². The van der Waals surface area contributed by atoms with Crippen LogP contribution in [0, 0.1) is 5.92 Å². The number of rotatable bonds is 5. The number of carbonyl (C=O) groups is 2. The molecule has 140 valence electrons. The third-order valence-corrected chi connectivity index (χ3v) is 4.06. The summed E-state index contributed by atoms with van der Waals surface area (Å²) >= 11 is 0. The molecule has 0 aromatic heterocycles.